The third-order valence-electron chi connectivity index (χ3n) is 2.67. The Morgan fingerprint density at radius 3 is 2.50 bits per heavy atom. The maximum absolute atomic E-state index is 10.0. The zero-order valence-corrected chi connectivity index (χ0v) is 10.3. The van der Waals surface area contributed by atoms with Gasteiger partial charge in [0, 0.05) is 13.6 Å². The standard InChI is InChI=1S/C14H17N3O/c1-15-13-8-5-9-14(17-13)16-10-12(18)11-6-3-2-4-7-11/h2-9,12,18H,10H2,1H3,(H2,15,16,17). The second-order valence-corrected chi connectivity index (χ2v) is 3.97. The summed E-state index contributed by atoms with van der Waals surface area (Å²) in [6.07, 6.45) is -0.536. The van der Waals surface area contributed by atoms with Gasteiger partial charge in [0.2, 0.25) is 0 Å². The number of benzene rings is 1. The summed E-state index contributed by atoms with van der Waals surface area (Å²) in [6.45, 7) is 0.435. The van der Waals surface area contributed by atoms with Crippen LogP contribution in [0.2, 0.25) is 0 Å². The fourth-order valence-electron chi connectivity index (χ4n) is 1.67. The van der Waals surface area contributed by atoms with E-state index in [0.717, 1.165) is 17.2 Å². The number of nitrogens with zero attached hydrogens (tertiary/aromatic N) is 1. The third-order valence-corrected chi connectivity index (χ3v) is 2.67. The highest BCUT2D eigenvalue weighted by atomic mass is 16.3. The fourth-order valence-corrected chi connectivity index (χ4v) is 1.67. The van der Waals surface area contributed by atoms with Gasteiger partial charge in [-0.05, 0) is 17.7 Å². The molecule has 1 heterocycles. The Hall–Kier alpha value is -2.07. The van der Waals surface area contributed by atoms with Gasteiger partial charge in [0.05, 0.1) is 6.10 Å². The van der Waals surface area contributed by atoms with E-state index >= 15 is 0 Å². The molecule has 2 aromatic rings. The zero-order chi connectivity index (χ0) is 12.8. The minimum Gasteiger partial charge on any atom is -0.387 e. The lowest BCUT2D eigenvalue weighted by Gasteiger charge is -2.13. The second kappa shape index (κ2) is 6.02. The first-order chi connectivity index (χ1) is 8.79. The smallest absolute Gasteiger partial charge is 0.128 e. The quantitative estimate of drug-likeness (QED) is 0.754. The molecular formula is C14H17N3O. The Kier molecular flexibility index (Phi) is 4.15. The molecule has 0 radical (unpaired) electrons. The van der Waals surface area contributed by atoms with Gasteiger partial charge in [0.15, 0.2) is 0 Å². The highest BCUT2D eigenvalue weighted by Gasteiger charge is 2.06. The van der Waals surface area contributed by atoms with Crippen LogP contribution in [0.25, 0.3) is 0 Å². The number of aromatic nitrogens is 1. The Bertz CT molecular complexity index is 487. The number of aliphatic hydroxyl groups excluding tert-OH is 1. The van der Waals surface area contributed by atoms with Crippen molar-refractivity contribution in [3.05, 3.63) is 54.1 Å². The molecule has 0 aliphatic rings. The van der Waals surface area contributed by atoms with Crippen molar-refractivity contribution in [2.75, 3.05) is 24.2 Å². The number of aliphatic hydroxyl groups is 1. The molecule has 3 N–H and O–H groups in total. The van der Waals surface area contributed by atoms with Crippen LogP contribution < -0.4 is 10.6 Å². The van der Waals surface area contributed by atoms with E-state index < -0.39 is 6.10 Å². The number of hydrogen-bond acceptors (Lipinski definition) is 4. The van der Waals surface area contributed by atoms with Crippen LogP contribution in [0.15, 0.2) is 48.5 Å². The van der Waals surface area contributed by atoms with Gasteiger partial charge in [-0.1, -0.05) is 36.4 Å². The van der Waals surface area contributed by atoms with Crippen molar-refractivity contribution in [3.63, 3.8) is 0 Å². The molecule has 0 amide bonds. The monoisotopic (exact) mass is 243 g/mol. The van der Waals surface area contributed by atoms with Crippen LogP contribution in [0.1, 0.15) is 11.7 Å². The topological polar surface area (TPSA) is 57.2 Å². The molecule has 0 spiro atoms. The van der Waals surface area contributed by atoms with E-state index in [4.69, 9.17) is 0 Å². The number of anilines is 2. The number of rotatable bonds is 5. The zero-order valence-electron chi connectivity index (χ0n) is 10.3. The van der Waals surface area contributed by atoms with E-state index in [-0.39, 0.29) is 0 Å². The lowest BCUT2D eigenvalue weighted by Crippen LogP contribution is -2.13. The largest absolute Gasteiger partial charge is 0.387 e. The summed E-state index contributed by atoms with van der Waals surface area (Å²) in [7, 11) is 1.82. The molecule has 0 aliphatic carbocycles. The Balaban J connectivity index is 1.95. The molecule has 1 aromatic heterocycles. The summed E-state index contributed by atoms with van der Waals surface area (Å²) < 4.78 is 0. The van der Waals surface area contributed by atoms with Crippen molar-refractivity contribution < 1.29 is 5.11 Å². The molecule has 1 atom stereocenters. The predicted octanol–water partition coefficient (Wildman–Crippen LogP) is 2.27. The minimum atomic E-state index is -0.536. The molecule has 0 saturated carbocycles. The molecule has 4 nitrogen and oxygen atoms in total. The lowest BCUT2D eigenvalue weighted by molar-refractivity contribution is 0.191. The van der Waals surface area contributed by atoms with E-state index in [2.05, 4.69) is 15.6 Å². The Morgan fingerprint density at radius 2 is 1.78 bits per heavy atom. The SMILES string of the molecule is CNc1cccc(NCC(O)c2ccccc2)n1. The van der Waals surface area contributed by atoms with E-state index in [1.807, 2.05) is 55.6 Å². The normalized spacial score (nSPS) is 11.9. The highest BCUT2D eigenvalue weighted by molar-refractivity contribution is 5.44. The van der Waals surface area contributed by atoms with Gasteiger partial charge in [0.25, 0.3) is 0 Å². The van der Waals surface area contributed by atoms with Gasteiger partial charge in [-0.2, -0.15) is 0 Å². The Morgan fingerprint density at radius 1 is 1.06 bits per heavy atom. The molecule has 1 unspecified atom stereocenters. The van der Waals surface area contributed by atoms with E-state index in [0.29, 0.717) is 6.54 Å². The van der Waals surface area contributed by atoms with Gasteiger partial charge in [-0.25, -0.2) is 4.98 Å². The fraction of sp³-hybridized carbons (Fsp3) is 0.214. The molecule has 4 heteroatoms. The van der Waals surface area contributed by atoms with E-state index in [9.17, 15) is 5.11 Å². The van der Waals surface area contributed by atoms with Crippen LogP contribution >= 0.6 is 0 Å². The van der Waals surface area contributed by atoms with Gasteiger partial charge in [-0.15, -0.1) is 0 Å². The van der Waals surface area contributed by atoms with Gasteiger partial charge < -0.3 is 15.7 Å². The van der Waals surface area contributed by atoms with E-state index in [1.54, 1.807) is 0 Å². The van der Waals surface area contributed by atoms with Crippen LogP contribution in [-0.4, -0.2) is 23.7 Å². The maximum Gasteiger partial charge on any atom is 0.128 e. The van der Waals surface area contributed by atoms with Gasteiger partial charge in [0.1, 0.15) is 11.6 Å². The second-order valence-electron chi connectivity index (χ2n) is 3.97. The summed E-state index contributed by atoms with van der Waals surface area (Å²) in [6, 6.07) is 15.2. The maximum atomic E-state index is 10.0. The van der Waals surface area contributed by atoms with E-state index in [1.165, 1.54) is 0 Å². The molecule has 0 fully saturated rings. The first-order valence-corrected chi connectivity index (χ1v) is 5.91. The van der Waals surface area contributed by atoms with Crippen LogP contribution in [-0.2, 0) is 0 Å². The molecule has 2 rings (SSSR count). The summed E-state index contributed by atoms with van der Waals surface area (Å²) in [5, 5.41) is 16.1. The molecule has 0 saturated heterocycles. The predicted molar refractivity (Wildman–Crippen MR) is 73.7 cm³/mol. The summed E-state index contributed by atoms with van der Waals surface area (Å²) in [5.41, 5.74) is 0.898. The highest BCUT2D eigenvalue weighted by Crippen LogP contribution is 2.14. The summed E-state index contributed by atoms with van der Waals surface area (Å²) >= 11 is 0. The molecule has 0 bridgehead atoms. The average molecular weight is 243 g/mol. The number of pyridine rings is 1. The van der Waals surface area contributed by atoms with Crippen molar-refractivity contribution in [1.29, 1.82) is 0 Å². The van der Waals surface area contributed by atoms with Gasteiger partial charge in [-0.3, -0.25) is 0 Å². The third kappa shape index (κ3) is 3.21. The van der Waals surface area contributed by atoms with Crippen molar-refractivity contribution >= 4 is 11.6 Å². The van der Waals surface area contributed by atoms with Crippen LogP contribution in [0, 0.1) is 0 Å². The Labute approximate surface area is 107 Å². The molecule has 94 valence electrons. The number of nitrogens with one attached hydrogen (secondary N) is 2. The molecule has 18 heavy (non-hydrogen) atoms. The van der Waals surface area contributed by atoms with Crippen molar-refractivity contribution in [1.82, 2.24) is 4.98 Å². The van der Waals surface area contributed by atoms with Crippen molar-refractivity contribution in [2.45, 2.75) is 6.10 Å². The summed E-state index contributed by atoms with van der Waals surface area (Å²) in [5.74, 6) is 1.55. The van der Waals surface area contributed by atoms with Crippen molar-refractivity contribution in [3.8, 4) is 0 Å². The summed E-state index contributed by atoms with van der Waals surface area (Å²) in [4.78, 5) is 4.32. The first-order valence-electron chi connectivity index (χ1n) is 5.91. The van der Waals surface area contributed by atoms with Crippen molar-refractivity contribution in [2.24, 2.45) is 0 Å². The van der Waals surface area contributed by atoms with Crippen LogP contribution in [0.4, 0.5) is 11.6 Å². The molecule has 1 aromatic carbocycles. The number of hydrogen-bond donors (Lipinski definition) is 3. The average Bonchev–Trinajstić information content (AvgIpc) is 2.46. The van der Waals surface area contributed by atoms with Crippen LogP contribution in [0.3, 0.4) is 0 Å². The minimum absolute atomic E-state index is 0.435. The molecular weight excluding hydrogens is 226 g/mol. The van der Waals surface area contributed by atoms with Gasteiger partial charge >= 0.3 is 0 Å². The van der Waals surface area contributed by atoms with Crippen LogP contribution in [0.5, 0.6) is 0 Å². The lowest BCUT2D eigenvalue weighted by atomic mass is 10.1. The molecule has 0 aliphatic heterocycles. The first kappa shape index (κ1) is 12.4.